The van der Waals surface area contributed by atoms with E-state index in [1.165, 1.54) is 31.4 Å². The van der Waals surface area contributed by atoms with Crippen LogP contribution in [0.4, 0.5) is 15.8 Å². The fraction of sp³-hybridized carbons (Fsp3) is 0.0435. The van der Waals surface area contributed by atoms with E-state index in [4.69, 9.17) is 16.3 Å². The number of ether oxygens (including phenoxy) is 1. The molecule has 0 aromatic heterocycles. The summed E-state index contributed by atoms with van der Waals surface area (Å²) in [6.07, 6.45) is 0. The zero-order valence-electron chi connectivity index (χ0n) is 15.9. The minimum absolute atomic E-state index is 0.0590. The van der Waals surface area contributed by atoms with E-state index < -0.39 is 17.6 Å². The second-order valence-corrected chi connectivity index (χ2v) is 6.92. The van der Waals surface area contributed by atoms with Gasteiger partial charge in [-0.2, -0.15) is 0 Å². The number of hydrogen-bond donors (Lipinski definition) is 1. The van der Waals surface area contributed by atoms with E-state index in [1.54, 1.807) is 42.5 Å². The number of benzene rings is 3. The number of rotatable bonds is 5. The molecule has 1 aliphatic heterocycles. The maximum atomic E-state index is 13.6. The number of hydrogen-bond acceptors (Lipinski definition) is 4. The van der Waals surface area contributed by atoms with Gasteiger partial charge in [-0.1, -0.05) is 48.0 Å². The summed E-state index contributed by atoms with van der Waals surface area (Å²) in [4.78, 5) is 27.6. The van der Waals surface area contributed by atoms with Crippen LogP contribution in [0.1, 0.15) is 5.56 Å². The summed E-state index contributed by atoms with van der Waals surface area (Å²) in [5, 5.41) is 3.18. The lowest BCUT2D eigenvalue weighted by Gasteiger charge is -2.16. The summed E-state index contributed by atoms with van der Waals surface area (Å²) >= 11 is 6.20. The van der Waals surface area contributed by atoms with Gasteiger partial charge < -0.3 is 10.1 Å². The maximum Gasteiger partial charge on any atom is 0.282 e. The Hall–Kier alpha value is -3.64. The van der Waals surface area contributed by atoms with Crippen molar-refractivity contribution in [3.05, 3.63) is 94.9 Å². The predicted molar refractivity (Wildman–Crippen MR) is 114 cm³/mol. The van der Waals surface area contributed by atoms with E-state index in [2.05, 4.69) is 5.32 Å². The van der Waals surface area contributed by atoms with Gasteiger partial charge in [-0.05, 0) is 42.0 Å². The molecule has 1 N–H and O–H groups in total. The normalized spacial score (nSPS) is 13.8. The number of carbonyl (C=O) groups excluding carboxylic acids is 2. The van der Waals surface area contributed by atoms with Crippen LogP contribution < -0.4 is 15.0 Å². The van der Waals surface area contributed by atoms with Crippen molar-refractivity contribution in [3.63, 3.8) is 0 Å². The minimum atomic E-state index is -0.565. The van der Waals surface area contributed by atoms with Crippen LogP contribution in [-0.2, 0) is 9.59 Å². The molecule has 0 saturated heterocycles. The van der Waals surface area contributed by atoms with Crippen LogP contribution in [0.15, 0.2) is 78.5 Å². The molecule has 0 aliphatic carbocycles. The van der Waals surface area contributed by atoms with Gasteiger partial charge in [0.1, 0.15) is 17.3 Å². The van der Waals surface area contributed by atoms with Gasteiger partial charge in [-0.25, -0.2) is 9.29 Å². The maximum absolute atomic E-state index is 13.6. The number of imide groups is 1. The van der Waals surface area contributed by atoms with Crippen LogP contribution in [0.25, 0.3) is 5.57 Å². The van der Waals surface area contributed by atoms with Crippen molar-refractivity contribution in [1.82, 2.24) is 0 Å². The fourth-order valence-corrected chi connectivity index (χ4v) is 3.51. The van der Waals surface area contributed by atoms with E-state index in [1.807, 2.05) is 6.07 Å². The zero-order valence-corrected chi connectivity index (χ0v) is 16.6. The molecular formula is C23H16ClFN2O3. The van der Waals surface area contributed by atoms with Crippen molar-refractivity contribution in [2.45, 2.75) is 0 Å². The van der Waals surface area contributed by atoms with Crippen LogP contribution in [-0.4, -0.2) is 18.9 Å². The SMILES string of the molecule is COc1ccc(N2C(=O)C(Nc3cccc(F)c3)=C(c3ccccc3)C2=O)cc1Cl. The first-order chi connectivity index (χ1) is 14.5. The number of nitrogens with one attached hydrogen (secondary N) is 1. The first-order valence-electron chi connectivity index (χ1n) is 9.04. The standard InChI is InChI=1S/C23H16ClFN2O3/c1-30-19-11-10-17(13-18(19)24)27-22(28)20(14-6-3-2-4-7-14)21(23(27)29)26-16-9-5-8-15(25)12-16/h2-13,26H,1H3. The molecule has 30 heavy (non-hydrogen) atoms. The monoisotopic (exact) mass is 422 g/mol. The molecule has 0 fully saturated rings. The van der Waals surface area contributed by atoms with E-state index >= 15 is 0 Å². The van der Waals surface area contributed by atoms with E-state index in [0.717, 1.165) is 4.90 Å². The zero-order chi connectivity index (χ0) is 21.3. The van der Waals surface area contributed by atoms with Gasteiger partial charge in [-0.15, -0.1) is 0 Å². The van der Waals surface area contributed by atoms with Gasteiger partial charge in [0, 0.05) is 5.69 Å². The molecule has 0 radical (unpaired) electrons. The highest BCUT2D eigenvalue weighted by atomic mass is 35.5. The van der Waals surface area contributed by atoms with Crippen molar-refractivity contribution in [2.75, 3.05) is 17.3 Å². The van der Waals surface area contributed by atoms with Crippen molar-refractivity contribution in [2.24, 2.45) is 0 Å². The highest BCUT2D eigenvalue weighted by molar-refractivity contribution is 6.46. The van der Waals surface area contributed by atoms with Gasteiger partial charge >= 0.3 is 0 Å². The average Bonchev–Trinajstić information content (AvgIpc) is 2.98. The lowest BCUT2D eigenvalue weighted by Crippen LogP contribution is -2.32. The van der Waals surface area contributed by atoms with Crippen LogP contribution >= 0.6 is 11.6 Å². The molecule has 1 aliphatic rings. The van der Waals surface area contributed by atoms with Crippen molar-refractivity contribution in [1.29, 1.82) is 0 Å². The van der Waals surface area contributed by atoms with E-state index in [0.29, 0.717) is 22.7 Å². The Morgan fingerprint density at radius 3 is 2.37 bits per heavy atom. The Labute approximate surface area is 177 Å². The van der Waals surface area contributed by atoms with Crippen LogP contribution in [0.3, 0.4) is 0 Å². The van der Waals surface area contributed by atoms with Crippen molar-refractivity contribution in [3.8, 4) is 5.75 Å². The van der Waals surface area contributed by atoms with Crippen molar-refractivity contribution >= 4 is 40.4 Å². The van der Waals surface area contributed by atoms with Crippen molar-refractivity contribution < 1.29 is 18.7 Å². The third-order valence-electron chi connectivity index (χ3n) is 4.63. The molecule has 1 heterocycles. The molecule has 2 amide bonds. The molecule has 0 spiro atoms. The number of carbonyl (C=O) groups is 2. The molecule has 5 nitrogen and oxygen atoms in total. The molecule has 7 heteroatoms. The summed E-state index contributed by atoms with van der Waals surface area (Å²) < 4.78 is 18.8. The molecule has 150 valence electrons. The minimum Gasteiger partial charge on any atom is -0.495 e. The molecule has 3 aromatic carbocycles. The summed E-state index contributed by atoms with van der Waals surface area (Å²) in [6, 6.07) is 19.1. The van der Waals surface area contributed by atoms with Gasteiger partial charge in [0.2, 0.25) is 0 Å². The lowest BCUT2D eigenvalue weighted by atomic mass is 10.0. The average molecular weight is 423 g/mol. The Kier molecular flexibility index (Phi) is 5.25. The summed E-state index contributed by atoms with van der Waals surface area (Å²) in [5.41, 5.74) is 1.48. The highest BCUT2D eigenvalue weighted by Crippen LogP contribution is 2.36. The summed E-state index contributed by atoms with van der Waals surface area (Å²) in [5.74, 6) is -1.11. The molecule has 3 aromatic rings. The number of nitrogens with zero attached hydrogens (tertiary/aromatic N) is 1. The number of methoxy groups -OCH3 is 1. The fourth-order valence-electron chi connectivity index (χ4n) is 3.26. The van der Waals surface area contributed by atoms with E-state index in [9.17, 15) is 14.0 Å². The first kappa shape index (κ1) is 19.7. The second kappa shape index (κ2) is 8.00. The quantitative estimate of drug-likeness (QED) is 0.595. The third kappa shape index (κ3) is 3.53. The molecule has 0 bridgehead atoms. The Bertz CT molecular complexity index is 1180. The first-order valence-corrected chi connectivity index (χ1v) is 9.42. The Morgan fingerprint density at radius 2 is 1.70 bits per heavy atom. The molecule has 0 unspecified atom stereocenters. The van der Waals surface area contributed by atoms with E-state index in [-0.39, 0.29) is 16.3 Å². The van der Waals surface area contributed by atoms with Gasteiger partial charge in [0.05, 0.1) is 23.4 Å². The summed E-state index contributed by atoms with van der Waals surface area (Å²) in [7, 11) is 1.48. The van der Waals surface area contributed by atoms with Crippen LogP contribution in [0.5, 0.6) is 5.75 Å². The summed E-state index contributed by atoms with van der Waals surface area (Å²) in [6.45, 7) is 0. The molecule has 4 rings (SSSR count). The lowest BCUT2D eigenvalue weighted by molar-refractivity contribution is -0.120. The largest absolute Gasteiger partial charge is 0.495 e. The number of amides is 2. The van der Waals surface area contributed by atoms with Crippen LogP contribution in [0.2, 0.25) is 5.02 Å². The van der Waals surface area contributed by atoms with Gasteiger partial charge in [0.25, 0.3) is 11.8 Å². The third-order valence-corrected chi connectivity index (χ3v) is 4.93. The van der Waals surface area contributed by atoms with Crippen LogP contribution in [0, 0.1) is 5.82 Å². The highest BCUT2D eigenvalue weighted by Gasteiger charge is 2.40. The molecule has 0 atom stereocenters. The smallest absolute Gasteiger partial charge is 0.282 e. The van der Waals surface area contributed by atoms with Gasteiger partial charge in [0.15, 0.2) is 0 Å². The number of anilines is 2. The molecular weight excluding hydrogens is 407 g/mol. The predicted octanol–water partition coefficient (Wildman–Crippen LogP) is 4.88. The Balaban J connectivity index is 1.81. The molecule has 0 saturated carbocycles. The topological polar surface area (TPSA) is 58.6 Å². The van der Waals surface area contributed by atoms with Gasteiger partial charge in [-0.3, -0.25) is 9.59 Å². The Morgan fingerprint density at radius 1 is 0.933 bits per heavy atom. The second-order valence-electron chi connectivity index (χ2n) is 6.52. The number of halogens is 2.